The van der Waals surface area contributed by atoms with Gasteiger partial charge in [0.1, 0.15) is 24.3 Å². The van der Waals surface area contributed by atoms with Gasteiger partial charge in [0.15, 0.2) is 5.78 Å². The van der Waals surface area contributed by atoms with Gasteiger partial charge in [-0.15, -0.1) is 0 Å². The number of fused-ring (bicyclic) bond motifs is 1. The number of carbonyl (C=O) groups is 2. The number of ether oxygens (including phenoxy) is 2. The molecule has 0 aromatic carbocycles. The second kappa shape index (κ2) is 5.09. The topological polar surface area (TPSA) is 89.0 Å². The highest BCUT2D eigenvalue weighted by Gasteiger charge is 2.33. The smallest absolute Gasteiger partial charge is 0.415 e. The Hall–Kier alpha value is -2.15. The summed E-state index contributed by atoms with van der Waals surface area (Å²) in [5.74, 6) is 0.976. The number of aliphatic hydroxyl groups is 1. The van der Waals surface area contributed by atoms with Crippen molar-refractivity contribution in [1.82, 2.24) is 4.98 Å². The molecule has 1 unspecified atom stereocenters. The molecule has 2 aliphatic heterocycles. The third-order valence-corrected chi connectivity index (χ3v) is 3.27. The number of cyclic esters (lactones) is 1. The Morgan fingerprint density at radius 3 is 3.05 bits per heavy atom. The van der Waals surface area contributed by atoms with Crippen molar-refractivity contribution >= 4 is 17.7 Å². The molecule has 0 aliphatic carbocycles. The number of hydrogen-bond acceptors (Lipinski definition) is 6. The first-order valence-corrected chi connectivity index (χ1v) is 6.41. The third-order valence-electron chi connectivity index (χ3n) is 3.27. The number of amides is 1. The van der Waals surface area contributed by atoms with E-state index >= 15 is 0 Å². The number of hydrogen-bond donors (Lipinski definition) is 1. The summed E-state index contributed by atoms with van der Waals surface area (Å²) in [5, 5.41) is 8.88. The van der Waals surface area contributed by atoms with Gasteiger partial charge in [0.25, 0.3) is 0 Å². The number of aromatic nitrogens is 1. The predicted octanol–water partition coefficient (Wildman–Crippen LogP) is 0.293. The molecule has 7 heteroatoms. The van der Waals surface area contributed by atoms with E-state index in [-0.39, 0.29) is 31.5 Å². The van der Waals surface area contributed by atoms with E-state index in [1.165, 1.54) is 4.90 Å². The number of pyridine rings is 1. The Labute approximate surface area is 115 Å². The number of anilines is 1. The number of Topliss-reactive ketones (excluding diaryl/α,β-unsaturated/α-hetero) is 1. The van der Waals surface area contributed by atoms with Gasteiger partial charge in [-0.3, -0.25) is 9.69 Å². The summed E-state index contributed by atoms with van der Waals surface area (Å²) < 4.78 is 10.4. The zero-order valence-corrected chi connectivity index (χ0v) is 10.7. The lowest BCUT2D eigenvalue weighted by molar-refractivity contribution is -0.121. The number of nitrogens with zero attached hydrogens (tertiary/aromatic N) is 2. The van der Waals surface area contributed by atoms with Gasteiger partial charge in [-0.05, 0) is 12.1 Å². The number of rotatable bonds is 3. The Morgan fingerprint density at radius 2 is 2.25 bits per heavy atom. The second-order valence-electron chi connectivity index (χ2n) is 4.75. The van der Waals surface area contributed by atoms with E-state index in [2.05, 4.69) is 4.98 Å². The normalized spacial score (nSPS) is 21.4. The minimum absolute atomic E-state index is 0.0360. The van der Waals surface area contributed by atoms with Crippen LogP contribution in [0.3, 0.4) is 0 Å². The second-order valence-corrected chi connectivity index (χ2v) is 4.75. The minimum atomic E-state index is -0.487. The van der Waals surface area contributed by atoms with E-state index in [4.69, 9.17) is 14.6 Å². The summed E-state index contributed by atoms with van der Waals surface area (Å²) in [7, 11) is 0. The number of carbonyl (C=O) groups excluding carboxylic acids is 2. The van der Waals surface area contributed by atoms with E-state index in [1.54, 1.807) is 12.1 Å². The minimum Gasteiger partial charge on any atom is -0.484 e. The number of ketones is 1. The highest BCUT2D eigenvalue weighted by Crippen LogP contribution is 2.27. The van der Waals surface area contributed by atoms with Crippen LogP contribution in [0.1, 0.15) is 12.1 Å². The summed E-state index contributed by atoms with van der Waals surface area (Å²) in [6, 6.07) is 3.37. The molecule has 3 heterocycles. The molecule has 1 saturated heterocycles. The van der Waals surface area contributed by atoms with Crippen molar-refractivity contribution in [2.75, 3.05) is 24.7 Å². The zero-order valence-electron chi connectivity index (χ0n) is 10.7. The van der Waals surface area contributed by atoms with Gasteiger partial charge < -0.3 is 14.6 Å². The molecule has 0 radical (unpaired) electrons. The molecule has 20 heavy (non-hydrogen) atoms. The van der Waals surface area contributed by atoms with E-state index < -0.39 is 6.09 Å². The predicted molar refractivity (Wildman–Crippen MR) is 67.8 cm³/mol. The number of aliphatic hydroxyl groups excluding tert-OH is 1. The summed E-state index contributed by atoms with van der Waals surface area (Å²) in [5.41, 5.74) is 0.539. The molecule has 1 aromatic rings. The summed E-state index contributed by atoms with van der Waals surface area (Å²) in [6.45, 7) is 0.379. The molecule has 1 amide bonds. The average molecular weight is 278 g/mol. The quantitative estimate of drug-likeness (QED) is 0.855. The molecule has 106 valence electrons. The van der Waals surface area contributed by atoms with Crippen molar-refractivity contribution in [3.8, 4) is 5.75 Å². The van der Waals surface area contributed by atoms with Gasteiger partial charge in [-0.1, -0.05) is 0 Å². The Bertz CT molecular complexity index is 560. The van der Waals surface area contributed by atoms with Crippen LogP contribution in [0.15, 0.2) is 12.1 Å². The Balaban J connectivity index is 1.82. The molecule has 0 spiro atoms. The fourth-order valence-electron chi connectivity index (χ4n) is 2.28. The highest BCUT2D eigenvalue weighted by molar-refractivity contribution is 5.89. The average Bonchev–Trinajstić information content (AvgIpc) is 2.79. The first kappa shape index (κ1) is 12.9. The van der Waals surface area contributed by atoms with Crippen molar-refractivity contribution in [2.45, 2.75) is 18.9 Å². The lowest BCUT2D eigenvalue weighted by Gasteiger charge is -2.18. The summed E-state index contributed by atoms with van der Waals surface area (Å²) in [6.07, 6.45) is -0.205. The zero-order chi connectivity index (χ0) is 14.1. The van der Waals surface area contributed by atoms with E-state index in [9.17, 15) is 9.59 Å². The van der Waals surface area contributed by atoms with Crippen LogP contribution in [0, 0.1) is 0 Å². The van der Waals surface area contributed by atoms with Crippen LogP contribution in [0.2, 0.25) is 0 Å². The first-order valence-electron chi connectivity index (χ1n) is 6.41. The maximum Gasteiger partial charge on any atom is 0.415 e. The van der Waals surface area contributed by atoms with Gasteiger partial charge >= 0.3 is 6.09 Å². The molecular weight excluding hydrogens is 264 g/mol. The van der Waals surface area contributed by atoms with Crippen LogP contribution in [0.5, 0.6) is 5.75 Å². The van der Waals surface area contributed by atoms with Crippen molar-refractivity contribution < 1.29 is 24.2 Å². The van der Waals surface area contributed by atoms with E-state index in [1.807, 2.05) is 0 Å². The molecule has 3 rings (SSSR count). The standard InChI is InChI=1S/C13H14N2O5/c16-4-3-9-6-15(13(18)20-9)12-2-1-11-10(14-12)5-8(17)7-19-11/h1-2,9,16H,3-7H2. The first-order chi connectivity index (χ1) is 9.67. The summed E-state index contributed by atoms with van der Waals surface area (Å²) >= 11 is 0. The van der Waals surface area contributed by atoms with Crippen molar-refractivity contribution in [1.29, 1.82) is 0 Å². The van der Waals surface area contributed by atoms with Crippen LogP contribution < -0.4 is 9.64 Å². The van der Waals surface area contributed by atoms with Crippen molar-refractivity contribution in [3.63, 3.8) is 0 Å². The lowest BCUT2D eigenvalue weighted by atomic mass is 10.1. The van der Waals surface area contributed by atoms with Gasteiger partial charge in [-0.25, -0.2) is 9.78 Å². The third kappa shape index (κ3) is 2.32. The van der Waals surface area contributed by atoms with Gasteiger partial charge in [0, 0.05) is 13.0 Å². The van der Waals surface area contributed by atoms with Crippen LogP contribution in [-0.2, 0) is 16.0 Å². The van der Waals surface area contributed by atoms with Crippen LogP contribution in [0.4, 0.5) is 10.6 Å². The van der Waals surface area contributed by atoms with Gasteiger partial charge in [-0.2, -0.15) is 0 Å². The molecule has 1 aromatic heterocycles. The molecule has 2 aliphatic rings. The molecule has 1 N–H and O–H groups in total. The van der Waals surface area contributed by atoms with Gasteiger partial charge in [0.05, 0.1) is 18.7 Å². The molecule has 1 atom stereocenters. The van der Waals surface area contributed by atoms with Crippen LogP contribution in [-0.4, -0.2) is 47.8 Å². The van der Waals surface area contributed by atoms with E-state index in [0.29, 0.717) is 30.2 Å². The highest BCUT2D eigenvalue weighted by atomic mass is 16.6. The van der Waals surface area contributed by atoms with Crippen molar-refractivity contribution in [3.05, 3.63) is 17.8 Å². The monoisotopic (exact) mass is 278 g/mol. The van der Waals surface area contributed by atoms with Gasteiger partial charge in [0.2, 0.25) is 0 Å². The molecule has 7 nitrogen and oxygen atoms in total. The fourth-order valence-corrected chi connectivity index (χ4v) is 2.28. The SMILES string of the molecule is O=C1COc2ccc(N3CC(CCO)OC3=O)nc2C1. The molecule has 0 saturated carbocycles. The van der Waals surface area contributed by atoms with Crippen LogP contribution in [0.25, 0.3) is 0 Å². The maximum absolute atomic E-state index is 11.8. The maximum atomic E-state index is 11.8. The van der Waals surface area contributed by atoms with Crippen LogP contribution >= 0.6 is 0 Å². The summed E-state index contributed by atoms with van der Waals surface area (Å²) in [4.78, 5) is 28.8. The fraction of sp³-hybridized carbons (Fsp3) is 0.462. The molecule has 1 fully saturated rings. The Morgan fingerprint density at radius 1 is 1.40 bits per heavy atom. The Kier molecular flexibility index (Phi) is 3.27. The molecular formula is C13H14N2O5. The van der Waals surface area contributed by atoms with Crippen molar-refractivity contribution in [2.24, 2.45) is 0 Å². The largest absolute Gasteiger partial charge is 0.484 e. The van der Waals surface area contributed by atoms with E-state index in [0.717, 1.165) is 0 Å². The lowest BCUT2D eigenvalue weighted by Crippen LogP contribution is -2.27. The molecule has 0 bridgehead atoms.